The lowest BCUT2D eigenvalue weighted by molar-refractivity contribution is 0.0977. The van der Waals surface area contributed by atoms with Gasteiger partial charge in [0.1, 0.15) is 11.6 Å². The third kappa shape index (κ3) is 4.25. The molecule has 0 spiro atoms. The summed E-state index contributed by atoms with van der Waals surface area (Å²) in [6, 6.07) is 10.6. The van der Waals surface area contributed by atoms with Crippen molar-refractivity contribution in [1.29, 1.82) is 0 Å². The topological polar surface area (TPSA) is 50.4 Å². The van der Waals surface area contributed by atoms with Crippen molar-refractivity contribution in [3.8, 4) is 5.75 Å². The summed E-state index contributed by atoms with van der Waals surface area (Å²) in [5.74, 6) is -0.282. The Bertz CT molecular complexity index is 724. The van der Waals surface area contributed by atoms with Gasteiger partial charge >= 0.3 is 0 Å². The van der Waals surface area contributed by atoms with Crippen molar-refractivity contribution >= 4 is 44.9 Å². The number of ether oxygens (including phenoxy) is 1. The third-order valence-electron chi connectivity index (χ3n) is 2.72. The first-order chi connectivity index (χ1) is 10.5. The molecule has 0 atom stereocenters. The van der Waals surface area contributed by atoms with Gasteiger partial charge in [0.2, 0.25) is 0 Å². The van der Waals surface area contributed by atoms with E-state index < -0.39 is 11.7 Å². The van der Waals surface area contributed by atoms with Crippen LogP contribution in [0.4, 0.5) is 10.1 Å². The van der Waals surface area contributed by atoms with Gasteiger partial charge in [-0.05, 0) is 64.5 Å². The van der Waals surface area contributed by atoms with Gasteiger partial charge in [-0.1, -0.05) is 6.07 Å². The highest BCUT2D eigenvalue weighted by Gasteiger charge is 2.09. The minimum Gasteiger partial charge on any atom is -0.496 e. The molecule has 0 aromatic heterocycles. The number of nitrogens with one attached hydrogen (secondary N) is 2. The van der Waals surface area contributed by atoms with Gasteiger partial charge in [0.15, 0.2) is 5.11 Å². The van der Waals surface area contributed by atoms with E-state index in [2.05, 4.69) is 26.6 Å². The number of hydrogen-bond donors (Lipinski definition) is 2. The Morgan fingerprint density at radius 1 is 1.27 bits per heavy atom. The number of rotatable bonds is 3. The highest BCUT2D eigenvalue weighted by atomic mass is 79.9. The Morgan fingerprint density at radius 3 is 2.68 bits per heavy atom. The van der Waals surface area contributed by atoms with Crippen molar-refractivity contribution in [2.45, 2.75) is 0 Å². The largest absolute Gasteiger partial charge is 0.496 e. The standard InChI is InChI=1S/C15H12BrFN2O2S/c1-21-13-6-5-11(8-12(13)16)18-15(22)19-14(20)9-3-2-4-10(17)7-9/h2-8H,1H3,(H2,18,19,20,22). The first-order valence-corrected chi connectivity index (χ1v) is 7.41. The molecule has 0 aliphatic rings. The van der Waals surface area contributed by atoms with Gasteiger partial charge in [0.05, 0.1) is 11.6 Å². The Hall–Kier alpha value is -1.99. The van der Waals surface area contributed by atoms with Gasteiger partial charge in [-0.15, -0.1) is 0 Å². The molecule has 0 radical (unpaired) electrons. The lowest BCUT2D eigenvalue weighted by Crippen LogP contribution is -2.34. The van der Waals surface area contributed by atoms with Crippen molar-refractivity contribution < 1.29 is 13.9 Å². The van der Waals surface area contributed by atoms with Gasteiger partial charge in [-0.25, -0.2) is 4.39 Å². The fourth-order valence-corrected chi connectivity index (χ4v) is 2.46. The van der Waals surface area contributed by atoms with E-state index in [-0.39, 0.29) is 10.7 Å². The van der Waals surface area contributed by atoms with E-state index in [0.29, 0.717) is 11.4 Å². The zero-order valence-electron chi connectivity index (χ0n) is 11.5. The summed E-state index contributed by atoms with van der Waals surface area (Å²) in [6.07, 6.45) is 0. The second kappa shape index (κ2) is 7.33. The lowest BCUT2D eigenvalue weighted by Gasteiger charge is -2.11. The molecule has 0 bridgehead atoms. The van der Waals surface area contributed by atoms with Gasteiger partial charge in [0.25, 0.3) is 5.91 Å². The number of methoxy groups -OCH3 is 1. The van der Waals surface area contributed by atoms with Crippen LogP contribution in [0.1, 0.15) is 10.4 Å². The number of benzene rings is 2. The second-order valence-corrected chi connectivity index (χ2v) is 5.53. The minimum absolute atomic E-state index is 0.117. The molecule has 0 saturated heterocycles. The molecule has 22 heavy (non-hydrogen) atoms. The molecular formula is C15H12BrFN2O2S. The normalized spacial score (nSPS) is 9.95. The van der Waals surface area contributed by atoms with E-state index in [4.69, 9.17) is 17.0 Å². The Labute approximate surface area is 140 Å². The highest BCUT2D eigenvalue weighted by molar-refractivity contribution is 9.10. The number of thiocarbonyl (C=S) groups is 1. The van der Waals surface area contributed by atoms with E-state index in [9.17, 15) is 9.18 Å². The smallest absolute Gasteiger partial charge is 0.257 e. The second-order valence-electron chi connectivity index (χ2n) is 4.27. The number of amides is 1. The van der Waals surface area contributed by atoms with Crippen LogP contribution in [0.5, 0.6) is 5.75 Å². The molecule has 114 valence electrons. The van der Waals surface area contributed by atoms with Gasteiger partial charge in [0, 0.05) is 11.3 Å². The summed E-state index contributed by atoms with van der Waals surface area (Å²) < 4.78 is 19.0. The molecule has 0 fully saturated rings. The predicted octanol–water partition coefficient (Wildman–Crippen LogP) is 3.72. The molecule has 2 rings (SSSR count). The van der Waals surface area contributed by atoms with E-state index in [1.807, 2.05) is 0 Å². The van der Waals surface area contributed by atoms with Crippen molar-refractivity contribution in [2.75, 3.05) is 12.4 Å². The molecular weight excluding hydrogens is 371 g/mol. The van der Waals surface area contributed by atoms with Crippen LogP contribution in [0.15, 0.2) is 46.9 Å². The van der Waals surface area contributed by atoms with Crippen LogP contribution in [-0.4, -0.2) is 18.1 Å². The number of carbonyl (C=O) groups is 1. The Morgan fingerprint density at radius 2 is 2.05 bits per heavy atom. The summed E-state index contributed by atoms with van der Waals surface area (Å²) in [4.78, 5) is 11.9. The quantitative estimate of drug-likeness (QED) is 0.794. The van der Waals surface area contributed by atoms with E-state index in [0.717, 1.165) is 10.5 Å². The molecule has 0 aliphatic carbocycles. The summed E-state index contributed by atoms with van der Waals surface area (Å²) in [6.45, 7) is 0. The average Bonchev–Trinajstić information content (AvgIpc) is 2.47. The molecule has 0 heterocycles. The maximum absolute atomic E-state index is 13.1. The Balaban J connectivity index is 2.01. The molecule has 2 N–H and O–H groups in total. The molecule has 7 heteroatoms. The van der Waals surface area contributed by atoms with Gasteiger partial charge in [-0.3, -0.25) is 10.1 Å². The highest BCUT2D eigenvalue weighted by Crippen LogP contribution is 2.27. The fraction of sp³-hybridized carbons (Fsp3) is 0.0667. The minimum atomic E-state index is -0.482. The Kier molecular flexibility index (Phi) is 5.46. The number of halogens is 2. The van der Waals surface area contributed by atoms with Crippen LogP contribution in [-0.2, 0) is 0 Å². The van der Waals surface area contributed by atoms with Crippen molar-refractivity contribution in [3.05, 3.63) is 58.3 Å². The number of hydrogen-bond acceptors (Lipinski definition) is 3. The van der Waals surface area contributed by atoms with Crippen LogP contribution < -0.4 is 15.4 Å². The van der Waals surface area contributed by atoms with Crippen molar-refractivity contribution in [2.24, 2.45) is 0 Å². The van der Waals surface area contributed by atoms with Crippen LogP contribution in [0, 0.1) is 5.82 Å². The number of anilines is 1. The van der Waals surface area contributed by atoms with Crippen molar-refractivity contribution in [1.82, 2.24) is 5.32 Å². The average molecular weight is 383 g/mol. The summed E-state index contributed by atoms with van der Waals surface area (Å²) >= 11 is 8.42. The van der Waals surface area contributed by atoms with Crippen LogP contribution in [0.3, 0.4) is 0 Å². The molecule has 0 saturated carbocycles. The monoisotopic (exact) mass is 382 g/mol. The maximum atomic E-state index is 13.1. The molecule has 2 aromatic rings. The summed E-state index contributed by atoms with van der Waals surface area (Å²) in [5, 5.41) is 5.47. The zero-order chi connectivity index (χ0) is 16.1. The van der Waals surface area contributed by atoms with Crippen molar-refractivity contribution in [3.63, 3.8) is 0 Å². The van der Waals surface area contributed by atoms with Gasteiger partial charge < -0.3 is 10.1 Å². The van der Waals surface area contributed by atoms with E-state index in [1.54, 1.807) is 25.3 Å². The van der Waals surface area contributed by atoms with E-state index >= 15 is 0 Å². The predicted molar refractivity (Wildman–Crippen MR) is 90.8 cm³/mol. The lowest BCUT2D eigenvalue weighted by atomic mass is 10.2. The first kappa shape index (κ1) is 16.4. The van der Waals surface area contributed by atoms with Crippen LogP contribution in [0.25, 0.3) is 0 Å². The number of carbonyl (C=O) groups excluding carboxylic acids is 1. The maximum Gasteiger partial charge on any atom is 0.257 e. The van der Waals surface area contributed by atoms with Gasteiger partial charge in [-0.2, -0.15) is 0 Å². The molecule has 4 nitrogen and oxygen atoms in total. The SMILES string of the molecule is COc1ccc(NC(=S)NC(=O)c2cccc(F)c2)cc1Br. The third-order valence-corrected chi connectivity index (χ3v) is 3.55. The first-order valence-electron chi connectivity index (χ1n) is 6.21. The fourth-order valence-electron chi connectivity index (χ4n) is 1.71. The molecule has 2 aromatic carbocycles. The van der Waals surface area contributed by atoms with Crippen LogP contribution >= 0.6 is 28.1 Å². The summed E-state index contributed by atoms with van der Waals surface area (Å²) in [7, 11) is 1.57. The molecule has 0 aliphatic heterocycles. The summed E-state index contributed by atoms with van der Waals surface area (Å²) in [5.41, 5.74) is 0.872. The van der Waals surface area contributed by atoms with Crippen LogP contribution in [0.2, 0.25) is 0 Å². The molecule has 1 amide bonds. The molecule has 0 unspecified atom stereocenters. The van der Waals surface area contributed by atoms with E-state index in [1.165, 1.54) is 18.2 Å². The zero-order valence-corrected chi connectivity index (χ0v) is 13.9.